The van der Waals surface area contributed by atoms with E-state index in [1.807, 2.05) is 44.2 Å². The number of aryl methyl sites for hydroxylation is 2. The van der Waals surface area contributed by atoms with Gasteiger partial charge in [-0.3, -0.25) is 4.79 Å². The number of nitrogens with zero attached hydrogens (tertiary/aromatic N) is 3. The van der Waals surface area contributed by atoms with E-state index in [0.717, 1.165) is 21.7 Å². The van der Waals surface area contributed by atoms with E-state index in [0.29, 0.717) is 21.4 Å². The maximum absolute atomic E-state index is 12.5. The molecule has 0 saturated carbocycles. The predicted octanol–water partition coefficient (Wildman–Crippen LogP) is 4.41. The highest BCUT2D eigenvalue weighted by Gasteiger charge is 2.13. The summed E-state index contributed by atoms with van der Waals surface area (Å²) in [4.78, 5) is 29.6. The van der Waals surface area contributed by atoms with Gasteiger partial charge in [-0.05, 0) is 37.1 Å². The first kappa shape index (κ1) is 20.1. The van der Waals surface area contributed by atoms with E-state index in [1.54, 1.807) is 12.1 Å². The average molecular weight is 440 g/mol. The molecule has 0 radical (unpaired) electrons. The van der Waals surface area contributed by atoms with Crippen molar-refractivity contribution in [2.24, 2.45) is 0 Å². The van der Waals surface area contributed by atoms with Crippen molar-refractivity contribution in [2.45, 2.75) is 20.4 Å². The topological polar surface area (TPSA) is 88.4 Å². The minimum Gasteiger partial charge on any atom is -0.332 e. The summed E-state index contributed by atoms with van der Waals surface area (Å²) in [5, 5.41) is 11.0. The average Bonchev–Trinajstić information content (AvgIpc) is 3.13. The van der Waals surface area contributed by atoms with E-state index < -0.39 is 6.03 Å². The van der Waals surface area contributed by atoms with Gasteiger partial charge in [0.15, 0.2) is 0 Å². The minimum absolute atomic E-state index is 0.0959. The number of anilines is 1. The summed E-state index contributed by atoms with van der Waals surface area (Å²) in [7, 11) is 0. The largest absolute Gasteiger partial charge is 0.332 e. The van der Waals surface area contributed by atoms with Crippen LogP contribution in [0.4, 0.5) is 10.5 Å². The summed E-state index contributed by atoms with van der Waals surface area (Å²) < 4.78 is 1.28. The molecule has 2 N–H and O–H groups in total. The predicted molar refractivity (Wildman–Crippen MR) is 119 cm³/mol. The van der Waals surface area contributed by atoms with Gasteiger partial charge in [-0.15, -0.1) is 0 Å². The molecule has 0 bridgehead atoms. The number of rotatable bonds is 4. The van der Waals surface area contributed by atoms with Crippen molar-refractivity contribution >= 4 is 39.6 Å². The summed E-state index contributed by atoms with van der Waals surface area (Å²) in [5.41, 5.74) is 3.69. The first-order valence-electron chi connectivity index (χ1n) is 9.17. The van der Waals surface area contributed by atoms with Crippen molar-refractivity contribution in [2.75, 3.05) is 5.32 Å². The van der Waals surface area contributed by atoms with Crippen LogP contribution < -0.4 is 16.2 Å². The van der Waals surface area contributed by atoms with Crippen molar-refractivity contribution in [3.8, 4) is 10.6 Å². The Morgan fingerprint density at radius 3 is 2.73 bits per heavy atom. The third kappa shape index (κ3) is 4.19. The molecular formula is C21H18ClN5O2S. The molecule has 2 heterocycles. The first-order valence-corrected chi connectivity index (χ1v) is 10.4. The van der Waals surface area contributed by atoms with Gasteiger partial charge in [-0.25, -0.2) is 9.78 Å². The summed E-state index contributed by atoms with van der Waals surface area (Å²) >= 11 is 7.46. The Kier molecular flexibility index (Phi) is 5.52. The zero-order valence-corrected chi connectivity index (χ0v) is 17.8. The third-order valence-electron chi connectivity index (χ3n) is 4.48. The lowest BCUT2D eigenvalue weighted by molar-refractivity contribution is 0.251. The zero-order chi connectivity index (χ0) is 21.3. The lowest BCUT2D eigenvalue weighted by atomic mass is 10.1. The molecule has 30 heavy (non-hydrogen) atoms. The highest BCUT2D eigenvalue weighted by Crippen LogP contribution is 2.27. The molecular weight excluding hydrogens is 422 g/mol. The number of halogens is 1. The van der Waals surface area contributed by atoms with Gasteiger partial charge in [0.1, 0.15) is 5.01 Å². The zero-order valence-electron chi connectivity index (χ0n) is 16.3. The van der Waals surface area contributed by atoms with Crippen LogP contribution in [0.15, 0.2) is 53.3 Å². The molecule has 2 amide bonds. The fraction of sp³-hybridized carbons (Fsp3) is 0.143. The Hall–Kier alpha value is -3.23. The second kappa shape index (κ2) is 8.25. The van der Waals surface area contributed by atoms with Crippen LogP contribution in [0.25, 0.3) is 15.5 Å². The molecule has 0 atom stereocenters. The molecule has 9 heteroatoms. The number of aromatic nitrogens is 3. The summed E-state index contributed by atoms with van der Waals surface area (Å²) in [5.74, 6) is 0. The molecule has 0 saturated heterocycles. The monoisotopic (exact) mass is 439 g/mol. The van der Waals surface area contributed by atoms with Crippen LogP contribution in [0.5, 0.6) is 0 Å². The summed E-state index contributed by atoms with van der Waals surface area (Å²) in [6, 6.07) is 14.1. The number of hydrogen-bond donors (Lipinski definition) is 2. The maximum Gasteiger partial charge on any atom is 0.319 e. The van der Waals surface area contributed by atoms with Crippen LogP contribution in [0.3, 0.4) is 0 Å². The van der Waals surface area contributed by atoms with Crippen LogP contribution in [0.1, 0.15) is 16.8 Å². The van der Waals surface area contributed by atoms with E-state index in [1.165, 1.54) is 21.9 Å². The van der Waals surface area contributed by atoms with Crippen molar-refractivity contribution in [3.05, 3.63) is 80.7 Å². The fourth-order valence-corrected chi connectivity index (χ4v) is 4.22. The lowest BCUT2D eigenvalue weighted by Gasteiger charge is -2.09. The summed E-state index contributed by atoms with van der Waals surface area (Å²) in [6.45, 7) is 4.00. The molecule has 4 rings (SSSR count). The number of carbonyl (C=O) groups excluding carboxylic acids is 1. The van der Waals surface area contributed by atoms with Crippen molar-refractivity contribution in [3.63, 3.8) is 0 Å². The van der Waals surface area contributed by atoms with Crippen LogP contribution in [0, 0.1) is 13.8 Å². The normalized spacial score (nSPS) is 10.9. The number of nitrogens with one attached hydrogen (secondary N) is 2. The number of benzene rings is 2. The molecule has 0 spiro atoms. The third-order valence-corrected chi connectivity index (χ3v) is 5.73. The molecule has 152 valence electrons. The molecule has 0 fully saturated rings. The number of amides is 2. The van der Waals surface area contributed by atoms with Gasteiger partial charge < -0.3 is 10.6 Å². The van der Waals surface area contributed by atoms with Crippen molar-refractivity contribution < 1.29 is 4.79 Å². The van der Waals surface area contributed by atoms with Crippen molar-refractivity contribution in [1.82, 2.24) is 19.9 Å². The molecule has 0 aliphatic rings. The number of carbonyl (C=O) groups is 1. The smallest absolute Gasteiger partial charge is 0.319 e. The highest BCUT2D eigenvalue weighted by molar-refractivity contribution is 7.19. The highest BCUT2D eigenvalue weighted by atomic mass is 35.5. The molecule has 2 aromatic carbocycles. The van der Waals surface area contributed by atoms with E-state index in [9.17, 15) is 9.59 Å². The first-order chi connectivity index (χ1) is 14.4. The minimum atomic E-state index is -0.437. The SMILES string of the molecule is Cc1ccc(NC(=O)NCc2cc(=O)n3nc(-c4ccccc4C)sc3n2)c(Cl)c1. The maximum atomic E-state index is 12.5. The standard InChI is InChI=1S/C21H18ClN5O2S/c1-12-7-8-17(16(22)9-12)25-20(29)23-11-14-10-18(28)27-21(24-14)30-19(26-27)15-6-4-3-5-13(15)2/h3-10H,11H2,1-2H3,(H2,23,25,29). The Balaban J connectivity index is 1.51. The Bertz CT molecular complexity index is 1310. The van der Waals surface area contributed by atoms with Gasteiger partial charge in [0, 0.05) is 11.6 Å². The molecule has 4 aromatic rings. The molecule has 0 aliphatic carbocycles. The van der Waals surface area contributed by atoms with E-state index in [2.05, 4.69) is 20.7 Å². The second-order valence-electron chi connectivity index (χ2n) is 6.79. The lowest BCUT2D eigenvalue weighted by Crippen LogP contribution is -2.29. The van der Waals surface area contributed by atoms with Crippen LogP contribution in [0.2, 0.25) is 5.02 Å². The number of urea groups is 1. The van der Waals surface area contributed by atoms with E-state index >= 15 is 0 Å². The fourth-order valence-electron chi connectivity index (χ4n) is 2.93. The van der Waals surface area contributed by atoms with Crippen LogP contribution >= 0.6 is 22.9 Å². The molecule has 2 aromatic heterocycles. The molecule has 7 nitrogen and oxygen atoms in total. The van der Waals surface area contributed by atoms with Crippen LogP contribution in [-0.4, -0.2) is 20.6 Å². The quantitative estimate of drug-likeness (QED) is 0.493. The Morgan fingerprint density at radius 1 is 1.17 bits per heavy atom. The number of fused-ring (bicyclic) bond motifs is 1. The molecule has 0 aliphatic heterocycles. The van der Waals surface area contributed by atoms with Gasteiger partial charge in [-0.1, -0.05) is 53.3 Å². The van der Waals surface area contributed by atoms with Gasteiger partial charge in [0.05, 0.1) is 22.9 Å². The van der Waals surface area contributed by atoms with Gasteiger partial charge >= 0.3 is 6.03 Å². The van der Waals surface area contributed by atoms with Crippen molar-refractivity contribution in [1.29, 1.82) is 0 Å². The summed E-state index contributed by atoms with van der Waals surface area (Å²) in [6.07, 6.45) is 0. The van der Waals surface area contributed by atoms with E-state index in [-0.39, 0.29) is 12.1 Å². The van der Waals surface area contributed by atoms with Gasteiger partial charge in [0.2, 0.25) is 4.96 Å². The Morgan fingerprint density at radius 2 is 1.97 bits per heavy atom. The van der Waals surface area contributed by atoms with Gasteiger partial charge in [0.25, 0.3) is 5.56 Å². The Labute approximate surface area is 181 Å². The van der Waals surface area contributed by atoms with Gasteiger partial charge in [-0.2, -0.15) is 9.61 Å². The molecule has 0 unspecified atom stereocenters. The van der Waals surface area contributed by atoms with Crippen LogP contribution in [-0.2, 0) is 6.54 Å². The van der Waals surface area contributed by atoms with E-state index in [4.69, 9.17) is 11.6 Å². The second-order valence-corrected chi connectivity index (χ2v) is 8.16. The number of hydrogen-bond acceptors (Lipinski definition) is 5.